The van der Waals surface area contributed by atoms with E-state index in [1.165, 1.54) is 76.2 Å². The van der Waals surface area contributed by atoms with Crippen molar-refractivity contribution in [3.05, 3.63) is 35.9 Å². The van der Waals surface area contributed by atoms with Crippen LogP contribution in [0.1, 0.15) is 76.2 Å². The highest BCUT2D eigenvalue weighted by molar-refractivity contribution is 5.14. The molecule has 0 aliphatic heterocycles. The smallest absolute Gasteiger partial charge is 0.0431 e. The van der Waals surface area contributed by atoms with Crippen LogP contribution < -0.4 is 0 Å². The molecule has 0 amide bonds. The Hall–Kier alpha value is -0.820. The van der Waals surface area contributed by atoms with E-state index in [2.05, 4.69) is 30.3 Å². The summed E-state index contributed by atoms with van der Waals surface area (Å²) < 4.78 is 0. The third kappa shape index (κ3) is 10.0. The van der Waals surface area contributed by atoms with Crippen molar-refractivity contribution in [3.63, 3.8) is 0 Å². The van der Waals surface area contributed by atoms with E-state index in [0.29, 0.717) is 6.61 Å². The van der Waals surface area contributed by atoms with E-state index in [1.807, 2.05) is 0 Å². The predicted molar refractivity (Wildman–Crippen MR) is 88.0 cm³/mol. The molecule has 1 aromatic rings. The van der Waals surface area contributed by atoms with Gasteiger partial charge in [-0.2, -0.15) is 0 Å². The van der Waals surface area contributed by atoms with Gasteiger partial charge >= 0.3 is 0 Å². The summed E-state index contributed by atoms with van der Waals surface area (Å²) in [6, 6.07) is 10.8. The van der Waals surface area contributed by atoms with Crippen molar-refractivity contribution in [2.75, 3.05) is 6.61 Å². The number of benzene rings is 1. The zero-order chi connectivity index (χ0) is 14.3. The Morgan fingerprint density at radius 3 is 1.50 bits per heavy atom. The number of hydrogen-bond donors (Lipinski definition) is 1. The molecule has 0 saturated carbocycles. The molecule has 0 aliphatic rings. The molecular formula is C19H32O. The van der Waals surface area contributed by atoms with Gasteiger partial charge in [0.2, 0.25) is 0 Å². The van der Waals surface area contributed by atoms with Crippen LogP contribution >= 0.6 is 0 Å². The molecule has 0 aliphatic carbocycles. The first kappa shape index (κ1) is 17.2. The first-order chi connectivity index (χ1) is 9.93. The molecule has 0 radical (unpaired) electrons. The molecule has 0 spiro atoms. The normalized spacial score (nSPS) is 10.8. The number of aliphatic hydroxyl groups is 1. The van der Waals surface area contributed by atoms with Crippen LogP contribution in [0.25, 0.3) is 0 Å². The van der Waals surface area contributed by atoms with Crippen LogP contribution in [0.3, 0.4) is 0 Å². The lowest BCUT2D eigenvalue weighted by molar-refractivity contribution is 0.282. The number of aryl methyl sites for hydroxylation is 1. The van der Waals surface area contributed by atoms with E-state index >= 15 is 0 Å². The van der Waals surface area contributed by atoms with E-state index < -0.39 is 0 Å². The van der Waals surface area contributed by atoms with Crippen molar-refractivity contribution in [1.29, 1.82) is 0 Å². The maximum absolute atomic E-state index is 8.68. The highest BCUT2D eigenvalue weighted by Crippen LogP contribution is 2.12. The van der Waals surface area contributed by atoms with Crippen LogP contribution in [-0.2, 0) is 6.42 Å². The summed E-state index contributed by atoms with van der Waals surface area (Å²) >= 11 is 0. The maximum Gasteiger partial charge on any atom is 0.0431 e. The topological polar surface area (TPSA) is 20.2 Å². The number of unbranched alkanes of at least 4 members (excludes halogenated alkanes) is 10. The van der Waals surface area contributed by atoms with Crippen molar-refractivity contribution in [2.24, 2.45) is 0 Å². The molecule has 114 valence electrons. The Balaban J connectivity index is 1.77. The zero-order valence-electron chi connectivity index (χ0n) is 13.0. The lowest BCUT2D eigenvalue weighted by Gasteiger charge is -2.03. The first-order valence-corrected chi connectivity index (χ1v) is 8.58. The monoisotopic (exact) mass is 276 g/mol. The summed E-state index contributed by atoms with van der Waals surface area (Å²) in [6.45, 7) is 0.364. The van der Waals surface area contributed by atoms with Gasteiger partial charge in [-0.1, -0.05) is 88.1 Å². The highest BCUT2D eigenvalue weighted by Gasteiger charge is 1.94. The van der Waals surface area contributed by atoms with Gasteiger partial charge in [-0.3, -0.25) is 0 Å². The fourth-order valence-corrected chi connectivity index (χ4v) is 2.68. The third-order valence-electron chi connectivity index (χ3n) is 3.97. The van der Waals surface area contributed by atoms with Gasteiger partial charge in [0.25, 0.3) is 0 Å². The van der Waals surface area contributed by atoms with Crippen LogP contribution in [0.2, 0.25) is 0 Å². The zero-order valence-corrected chi connectivity index (χ0v) is 13.0. The minimum absolute atomic E-state index is 0.364. The van der Waals surface area contributed by atoms with E-state index in [-0.39, 0.29) is 0 Å². The molecule has 1 heteroatoms. The Labute approximate surface area is 125 Å². The molecule has 1 nitrogen and oxygen atoms in total. The second kappa shape index (κ2) is 13.2. The number of hydrogen-bond acceptors (Lipinski definition) is 1. The predicted octanol–water partition coefficient (Wildman–Crippen LogP) is 5.51. The number of rotatable bonds is 13. The third-order valence-corrected chi connectivity index (χ3v) is 3.97. The lowest BCUT2D eigenvalue weighted by Crippen LogP contribution is -1.86. The van der Waals surface area contributed by atoms with Gasteiger partial charge in [-0.15, -0.1) is 0 Å². The quantitative estimate of drug-likeness (QED) is 0.471. The van der Waals surface area contributed by atoms with Crippen molar-refractivity contribution >= 4 is 0 Å². The van der Waals surface area contributed by atoms with Crippen LogP contribution in [-0.4, -0.2) is 11.7 Å². The van der Waals surface area contributed by atoms with Gasteiger partial charge in [-0.25, -0.2) is 0 Å². The fraction of sp³-hybridized carbons (Fsp3) is 0.684. The second-order valence-corrected chi connectivity index (χ2v) is 5.85. The molecule has 0 heterocycles. The van der Waals surface area contributed by atoms with Gasteiger partial charge in [0.1, 0.15) is 0 Å². The highest BCUT2D eigenvalue weighted by atomic mass is 16.2. The molecule has 20 heavy (non-hydrogen) atoms. The second-order valence-electron chi connectivity index (χ2n) is 5.85. The van der Waals surface area contributed by atoms with Crippen molar-refractivity contribution in [2.45, 2.75) is 77.0 Å². The molecule has 0 atom stereocenters. The summed E-state index contributed by atoms with van der Waals surface area (Å²) in [7, 11) is 0. The summed E-state index contributed by atoms with van der Waals surface area (Å²) in [5.41, 5.74) is 1.48. The van der Waals surface area contributed by atoms with Crippen molar-refractivity contribution in [1.82, 2.24) is 0 Å². The fourth-order valence-electron chi connectivity index (χ4n) is 2.68. The molecule has 1 N–H and O–H groups in total. The van der Waals surface area contributed by atoms with Gasteiger partial charge in [0, 0.05) is 6.61 Å². The standard InChI is InChI=1S/C19H32O/c20-18-14-9-7-5-3-1-2-4-6-8-11-15-19-16-12-10-13-17-19/h10,12-13,16-17,20H,1-9,11,14-15,18H2. The van der Waals surface area contributed by atoms with Crippen LogP contribution in [0.4, 0.5) is 0 Å². The molecular weight excluding hydrogens is 244 g/mol. The summed E-state index contributed by atoms with van der Waals surface area (Å²) in [5.74, 6) is 0. The van der Waals surface area contributed by atoms with Crippen LogP contribution in [0.5, 0.6) is 0 Å². The average molecular weight is 276 g/mol. The molecule has 0 saturated heterocycles. The Morgan fingerprint density at radius 1 is 0.550 bits per heavy atom. The van der Waals surface area contributed by atoms with Crippen LogP contribution in [0, 0.1) is 0 Å². The van der Waals surface area contributed by atoms with Gasteiger partial charge in [0.15, 0.2) is 0 Å². The first-order valence-electron chi connectivity index (χ1n) is 8.58. The summed E-state index contributed by atoms with van der Waals surface area (Å²) in [6.07, 6.45) is 15.8. The van der Waals surface area contributed by atoms with Crippen molar-refractivity contribution in [3.8, 4) is 0 Å². The molecule has 0 bridgehead atoms. The summed E-state index contributed by atoms with van der Waals surface area (Å²) in [4.78, 5) is 0. The van der Waals surface area contributed by atoms with Crippen LogP contribution in [0.15, 0.2) is 30.3 Å². The molecule has 0 unspecified atom stereocenters. The van der Waals surface area contributed by atoms with E-state index in [4.69, 9.17) is 5.11 Å². The van der Waals surface area contributed by atoms with Crippen molar-refractivity contribution < 1.29 is 5.11 Å². The Morgan fingerprint density at radius 2 is 1.00 bits per heavy atom. The minimum Gasteiger partial charge on any atom is -0.396 e. The average Bonchev–Trinajstić information content (AvgIpc) is 2.49. The molecule has 1 aromatic carbocycles. The van der Waals surface area contributed by atoms with E-state index in [9.17, 15) is 0 Å². The largest absolute Gasteiger partial charge is 0.396 e. The number of aliphatic hydroxyl groups excluding tert-OH is 1. The lowest BCUT2D eigenvalue weighted by atomic mass is 10.0. The molecule has 0 fully saturated rings. The SMILES string of the molecule is OCCCCCCCCCCCCCc1ccccc1. The Bertz CT molecular complexity index is 294. The minimum atomic E-state index is 0.364. The van der Waals surface area contributed by atoms with Gasteiger partial charge in [-0.05, 0) is 24.8 Å². The van der Waals surface area contributed by atoms with E-state index in [1.54, 1.807) is 0 Å². The Kier molecular flexibility index (Phi) is 11.4. The summed E-state index contributed by atoms with van der Waals surface area (Å²) in [5, 5.41) is 8.68. The maximum atomic E-state index is 8.68. The van der Waals surface area contributed by atoms with E-state index in [0.717, 1.165) is 6.42 Å². The molecule has 1 rings (SSSR count). The van der Waals surface area contributed by atoms with Gasteiger partial charge in [0.05, 0.1) is 0 Å². The van der Waals surface area contributed by atoms with Gasteiger partial charge < -0.3 is 5.11 Å². The molecule has 0 aromatic heterocycles.